The van der Waals surface area contributed by atoms with Gasteiger partial charge in [-0.05, 0) is 31.2 Å². The Morgan fingerprint density at radius 1 is 1.24 bits per heavy atom. The monoisotopic (exact) mass is 286 g/mol. The average molecular weight is 286 g/mol. The molecule has 1 N–H and O–H groups in total. The summed E-state index contributed by atoms with van der Waals surface area (Å²) in [5.74, 6) is 0.185. The van der Waals surface area contributed by atoms with Crippen molar-refractivity contribution in [3.8, 4) is 11.5 Å². The average Bonchev–Trinajstić information content (AvgIpc) is 3.09. The van der Waals surface area contributed by atoms with Crippen LogP contribution in [-0.2, 0) is 0 Å². The number of para-hydroxylation sites is 1. The maximum absolute atomic E-state index is 13.5. The van der Waals surface area contributed by atoms with Gasteiger partial charge in [0.05, 0.1) is 5.69 Å². The molecular weight excluding hydrogens is 275 g/mol. The molecule has 0 fully saturated rings. The van der Waals surface area contributed by atoms with E-state index in [1.165, 1.54) is 18.2 Å². The molecule has 6 heteroatoms. The van der Waals surface area contributed by atoms with Crippen molar-refractivity contribution in [1.29, 1.82) is 0 Å². The number of aryl methyl sites for hydroxylation is 1. The molecular formula is C15H11FN2O3. The number of aromatic nitrogens is 1. The summed E-state index contributed by atoms with van der Waals surface area (Å²) in [4.78, 5) is 16.1. The number of halogens is 1. The Labute approximate surface area is 119 Å². The van der Waals surface area contributed by atoms with Crippen molar-refractivity contribution in [2.75, 3.05) is 5.32 Å². The molecule has 0 aliphatic heterocycles. The Balaban J connectivity index is 1.90. The number of amides is 1. The SMILES string of the molecule is Cc1ccc(-c2ocnc2C(=O)Nc2ccccc2F)o1. The molecule has 106 valence electrons. The van der Waals surface area contributed by atoms with Gasteiger partial charge in [0.2, 0.25) is 5.76 Å². The summed E-state index contributed by atoms with van der Waals surface area (Å²) in [7, 11) is 0. The van der Waals surface area contributed by atoms with E-state index in [4.69, 9.17) is 8.83 Å². The highest BCUT2D eigenvalue weighted by molar-refractivity contribution is 6.06. The number of nitrogens with zero attached hydrogens (tertiary/aromatic N) is 1. The van der Waals surface area contributed by atoms with E-state index in [0.29, 0.717) is 11.5 Å². The molecule has 0 radical (unpaired) electrons. The van der Waals surface area contributed by atoms with Gasteiger partial charge in [-0.15, -0.1) is 0 Å². The van der Waals surface area contributed by atoms with Gasteiger partial charge in [0.1, 0.15) is 11.6 Å². The summed E-state index contributed by atoms with van der Waals surface area (Å²) in [6.45, 7) is 1.78. The first kappa shape index (κ1) is 13.1. The molecule has 1 amide bonds. The van der Waals surface area contributed by atoms with Gasteiger partial charge in [0.15, 0.2) is 17.8 Å². The van der Waals surface area contributed by atoms with E-state index in [1.54, 1.807) is 25.1 Å². The van der Waals surface area contributed by atoms with Gasteiger partial charge in [-0.3, -0.25) is 4.79 Å². The topological polar surface area (TPSA) is 68.3 Å². The molecule has 0 spiro atoms. The first-order valence-electron chi connectivity index (χ1n) is 6.21. The normalized spacial score (nSPS) is 10.6. The molecule has 3 rings (SSSR count). The fourth-order valence-electron chi connectivity index (χ4n) is 1.88. The van der Waals surface area contributed by atoms with E-state index in [0.717, 1.165) is 6.39 Å². The van der Waals surface area contributed by atoms with Crippen LogP contribution in [0.4, 0.5) is 10.1 Å². The highest BCUT2D eigenvalue weighted by Crippen LogP contribution is 2.26. The van der Waals surface area contributed by atoms with Crippen LogP contribution in [0.1, 0.15) is 16.2 Å². The lowest BCUT2D eigenvalue weighted by Crippen LogP contribution is -2.14. The zero-order valence-electron chi connectivity index (χ0n) is 11.1. The van der Waals surface area contributed by atoms with Gasteiger partial charge in [0.25, 0.3) is 5.91 Å². The predicted octanol–water partition coefficient (Wildman–Crippen LogP) is 3.63. The summed E-state index contributed by atoms with van der Waals surface area (Å²) in [6, 6.07) is 9.31. The summed E-state index contributed by atoms with van der Waals surface area (Å²) in [5, 5.41) is 2.45. The van der Waals surface area contributed by atoms with E-state index < -0.39 is 11.7 Å². The molecule has 0 saturated heterocycles. The summed E-state index contributed by atoms with van der Waals surface area (Å²) in [5.41, 5.74) is 0.111. The fraction of sp³-hybridized carbons (Fsp3) is 0.0667. The smallest absolute Gasteiger partial charge is 0.278 e. The zero-order valence-corrected chi connectivity index (χ0v) is 11.1. The van der Waals surface area contributed by atoms with Crippen molar-refractivity contribution in [2.45, 2.75) is 6.92 Å². The van der Waals surface area contributed by atoms with E-state index >= 15 is 0 Å². The first-order chi connectivity index (χ1) is 10.1. The summed E-state index contributed by atoms with van der Waals surface area (Å²) in [6.07, 6.45) is 1.14. The second kappa shape index (κ2) is 5.24. The number of anilines is 1. The molecule has 0 aliphatic rings. The van der Waals surface area contributed by atoms with Gasteiger partial charge in [0, 0.05) is 0 Å². The number of hydrogen-bond donors (Lipinski definition) is 1. The number of furan rings is 1. The number of rotatable bonds is 3. The third kappa shape index (κ3) is 2.55. The molecule has 1 aromatic carbocycles. The van der Waals surface area contributed by atoms with Crippen LogP contribution in [0.2, 0.25) is 0 Å². The van der Waals surface area contributed by atoms with Gasteiger partial charge < -0.3 is 14.2 Å². The van der Waals surface area contributed by atoms with E-state index in [9.17, 15) is 9.18 Å². The van der Waals surface area contributed by atoms with Crippen molar-refractivity contribution in [1.82, 2.24) is 4.98 Å². The van der Waals surface area contributed by atoms with Gasteiger partial charge in [-0.25, -0.2) is 9.37 Å². The number of carbonyl (C=O) groups is 1. The van der Waals surface area contributed by atoms with Crippen molar-refractivity contribution >= 4 is 11.6 Å². The third-order valence-corrected chi connectivity index (χ3v) is 2.87. The Bertz CT molecular complexity index is 792. The first-order valence-corrected chi connectivity index (χ1v) is 6.21. The van der Waals surface area contributed by atoms with E-state index in [2.05, 4.69) is 10.3 Å². The molecule has 5 nitrogen and oxygen atoms in total. The predicted molar refractivity (Wildman–Crippen MR) is 73.3 cm³/mol. The Kier molecular flexibility index (Phi) is 3.27. The number of hydrogen-bond acceptors (Lipinski definition) is 4. The molecule has 0 atom stereocenters. The molecule has 2 heterocycles. The van der Waals surface area contributed by atoms with Crippen LogP contribution in [0.15, 0.2) is 51.6 Å². The third-order valence-electron chi connectivity index (χ3n) is 2.87. The molecule has 3 aromatic rings. The van der Waals surface area contributed by atoms with Crippen molar-refractivity contribution in [3.05, 3.63) is 60.1 Å². The summed E-state index contributed by atoms with van der Waals surface area (Å²) < 4.78 is 24.1. The van der Waals surface area contributed by atoms with Crippen molar-refractivity contribution < 1.29 is 18.0 Å². The van der Waals surface area contributed by atoms with Gasteiger partial charge >= 0.3 is 0 Å². The van der Waals surface area contributed by atoms with Crippen LogP contribution in [0.25, 0.3) is 11.5 Å². The number of oxazole rings is 1. The minimum Gasteiger partial charge on any atom is -0.458 e. The van der Waals surface area contributed by atoms with Crippen molar-refractivity contribution in [3.63, 3.8) is 0 Å². The second-order valence-electron chi connectivity index (χ2n) is 4.37. The van der Waals surface area contributed by atoms with Gasteiger partial charge in [-0.1, -0.05) is 12.1 Å². The minimum atomic E-state index is -0.571. The van der Waals surface area contributed by atoms with Crippen molar-refractivity contribution in [2.24, 2.45) is 0 Å². The molecule has 0 saturated carbocycles. The van der Waals surface area contributed by atoms with E-state index in [-0.39, 0.29) is 17.1 Å². The van der Waals surface area contributed by atoms with Crippen LogP contribution in [0.5, 0.6) is 0 Å². The summed E-state index contributed by atoms with van der Waals surface area (Å²) >= 11 is 0. The molecule has 0 bridgehead atoms. The zero-order chi connectivity index (χ0) is 14.8. The number of nitrogens with one attached hydrogen (secondary N) is 1. The molecule has 2 aromatic heterocycles. The van der Waals surface area contributed by atoms with Crippen LogP contribution in [0, 0.1) is 12.7 Å². The van der Waals surface area contributed by atoms with E-state index in [1.807, 2.05) is 0 Å². The number of carbonyl (C=O) groups excluding carboxylic acids is 1. The van der Waals surface area contributed by atoms with Gasteiger partial charge in [-0.2, -0.15) is 0 Å². The lowest BCUT2D eigenvalue weighted by molar-refractivity contribution is 0.102. The van der Waals surface area contributed by atoms with Crippen LogP contribution < -0.4 is 5.32 Å². The van der Waals surface area contributed by atoms with Crippen LogP contribution in [0.3, 0.4) is 0 Å². The minimum absolute atomic E-state index is 0.0348. The lowest BCUT2D eigenvalue weighted by Gasteiger charge is -2.04. The van der Waals surface area contributed by atoms with Crippen LogP contribution in [-0.4, -0.2) is 10.9 Å². The molecule has 0 unspecified atom stereocenters. The maximum Gasteiger partial charge on any atom is 0.278 e. The molecule has 21 heavy (non-hydrogen) atoms. The molecule has 0 aliphatic carbocycles. The quantitative estimate of drug-likeness (QED) is 0.798. The Morgan fingerprint density at radius 2 is 2.05 bits per heavy atom. The largest absolute Gasteiger partial charge is 0.458 e. The lowest BCUT2D eigenvalue weighted by atomic mass is 10.2. The fourth-order valence-corrected chi connectivity index (χ4v) is 1.88. The Hall–Kier alpha value is -2.89. The standard InChI is InChI=1S/C15H11FN2O3/c1-9-6-7-12(21-9)14-13(17-8-20-14)15(19)18-11-5-3-2-4-10(11)16/h2-8H,1H3,(H,18,19). The van der Waals surface area contributed by atoms with Crippen LogP contribution >= 0.6 is 0 Å². The second-order valence-corrected chi connectivity index (χ2v) is 4.37. The highest BCUT2D eigenvalue weighted by Gasteiger charge is 2.21. The maximum atomic E-state index is 13.5. The Morgan fingerprint density at radius 3 is 2.76 bits per heavy atom. The number of benzene rings is 1. The highest BCUT2D eigenvalue weighted by atomic mass is 19.1.